The number of rotatable bonds is 4. The zero-order chi connectivity index (χ0) is 13.9. The normalized spacial score (nSPS) is 22.2. The van der Waals surface area contributed by atoms with Gasteiger partial charge in [0, 0.05) is 11.9 Å². The molecule has 106 valence electrons. The highest BCUT2D eigenvalue weighted by Crippen LogP contribution is 2.30. The standard InChI is InChI=1S/C15H21N5/c16-8-10-5-6-11(7-10)9-18-15-19-13-4-2-1-3-12(13)14(17)20-15/h1-4,10-11H,5-9,16H2,(H3,17,18,19,20). The molecule has 5 heteroatoms. The van der Waals surface area contributed by atoms with E-state index in [2.05, 4.69) is 15.3 Å². The summed E-state index contributed by atoms with van der Waals surface area (Å²) in [7, 11) is 0. The molecule has 0 aliphatic heterocycles. The zero-order valence-electron chi connectivity index (χ0n) is 11.5. The first-order chi connectivity index (χ1) is 9.76. The number of hydrogen-bond acceptors (Lipinski definition) is 5. The third kappa shape index (κ3) is 2.67. The summed E-state index contributed by atoms with van der Waals surface area (Å²) in [6, 6.07) is 7.80. The first-order valence-corrected chi connectivity index (χ1v) is 7.22. The van der Waals surface area contributed by atoms with E-state index in [0.717, 1.165) is 24.0 Å². The number of nitrogens with two attached hydrogens (primary N) is 2. The van der Waals surface area contributed by atoms with Gasteiger partial charge in [0.25, 0.3) is 0 Å². The van der Waals surface area contributed by atoms with Gasteiger partial charge in [-0.15, -0.1) is 0 Å². The summed E-state index contributed by atoms with van der Waals surface area (Å²) >= 11 is 0. The highest BCUT2D eigenvalue weighted by Gasteiger charge is 2.23. The Kier molecular flexibility index (Phi) is 3.69. The lowest BCUT2D eigenvalue weighted by atomic mass is 10.1. The fourth-order valence-electron chi connectivity index (χ4n) is 2.99. The molecule has 0 amide bonds. The molecule has 0 saturated heterocycles. The van der Waals surface area contributed by atoms with Gasteiger partial charge in [0.15, 0.2) is 0 Å². The van der Waals surface area contributed by atoms with Crippen LogP contribution in [0.4, 0.5) is 11.8 Å². The Morgan fingerprint density at radius 1 is 1.15 bits per heavy atom. The first kappa shape index (κ1) is 13.1. The molecule has 2 aromatic rings. The topological polar surface area (TPSA) is 89.8 Å². The van der Waals surface area contributed by atoms with Crippen LogP contribution in [-0.2, 0) is 0 Å². The number of benzene rings is 1. The number of anilines is 2. The smallest absolute Gasteiger partial charge is 0.225 e. The van der Waals surface area contributed by atoms with Crippen LogP contribution >= 0.6 is 0 Å². The van der Waals surface area contributed by atoms with Crippen LogP contribution in [-0.4, -0.2) is 23.1 Å². The van der Waals surface area contributed by atoms with Crippen molar-refractivity contribution in [3.63, 3.8) is 0 Å². The van der Waals surface area contributed by atoms with Crippen LogP contribution in [0.2, 0.25) is 0 Å². The molecule has 1 saturated carbocycles. The Hall–Kier alpha value is -1.88. The average Bonchev–Trinajstić information content (AvgIpc) is 2.93. The van der Waals surface area contributed by atoms with E-state index < -0.39 is 0 Å². The highest BCUT2D eigenvalue weighted by atomic mass is 15.1. The number of fused-ring (bicyclic) bond motifs is 1. The van der Waals surface area contributed by atoms with E-state index >= 15 is 0 Å². The van der Waals surface area contributed by atoms with Crippen molar-refractivity contribution in [3.8, 4) is 0 Å². The summed E-state index contributed by atoms with van der Waals surface area (Å²) in [4.78, 5) is 8.84. The summed E-state index contributed by atoms with van der Waals surface area (Å²) < 4.78 is 0. The molecule has 5 N–H and O–H groups in total. The van der Waals surface area contributed by atoms with Gasteiger partial charge in [-0.25, -0.2) is 4.98 Å². The van der Waals surface area contributed by atoms with Crippen LogP contribution in [0.3, 0.4) is 0 Å². The molecule has 2 unspecified atom stereocenters. The summed E-state index contributed by atoms with van der Waals surface area (Å²) in [6.07, 6.45) is 3.67. The van der Waals surface area contributed by atoms with Crippen molar-refractivity contribution in [2.75, 3.05) is 24.1 Å². The van der Waals surface area contributed by atoms with Crippen molar-refractivity contribution in [2.45, 2.75) is 19.3 Å². The van der Waals surface area contributed by atoms with Gasteiger partial charge in [0.05, 0.1) is 5.52 Å². The molecule has 0 bridgehead atoms. The fraction of sp³-hybridized carbons (Fsp3) is 0.467. The molecule has 1 aromatic carbocycles. The molecule has 20 heavy (non-hydrogen) atoms. The molecule has 1 aliphatic rings. The van der Waals surface area contributed by atoms with Gasteiger partial charge in [-0.3, -0.25) is 0 Å². The van der Waals surface area contributed by atoms with Gasteiger partial charge in [0.2, 0.25) is 5.95 Å². The van der Waals surface area contributed by atoms with E-state index in [1.165, 1.54) is 19.3 Å². The quantitative estimate of drug-likeness (QED) is 0.791. The number of aromatic nitrogens is 2. The second-order valence-corrected chi connectivity index (χ2v) is 5.61. The van der Waals surface area contributed by atoms with Crippen molar-refractivity contribution in [2.24, 2.45) is 17.6 Å². The molecule has 1 aliphatic carbocycles. The molecular weight excluding hydrogens is 250 g/mol. The number of hydrogen-bond donors (Lipinski definition) is 3. The Labute approximate surface area is 118 Å². The zero-order valence-corrected chi connectivity index (χ0v) is 11.5. The lowest BCUT2D eigenvalue weighted by molar-refractivity contribution is 0.512. The Morgan fingerprint density at radius 2 is 1.95 bits per heavy atom. The lowest BCUT2D eigenvalue weighted by Crippen LogP contribution is -2.16. The summed E-state index contributed by atoms with van der Waals surface area (Å²) in [5, 5.41) is 4.23. The van der Waals surface area contributed by atoms with E-state index in [1.54, 1.807) is 0 Å². The van der Waals surface area contributed by atoms with Gasteiger partial charge < -0.3 is 16.8 Å². The van der Waals surface area contributed by atoms with Crippen molar-refractivity contribution in [1.29, 1.82) is 0 Å². The van der Waals surface area contributed by atoms with Crippen LogP contribution in [0.1, 0.15) is 19.3 Å². The summed E-state index contributed by atoms with van der Waals surface area (Å²) in [5.41, 5.74) is 12.6. The van der Waals surface area contributed by atoms with Crippen molar-refractivity contribution < 1.29 is 0 Å². The average molecular weight is 271 g/mol. The largest absolute Gasteiger partial charge is 0.383 e. The van der Waals surface area contributed by atoms with Gasteiger partial charge in [-0.2, -0.15) is 4.98 Å². The van der Waals surface area contributed by atoms with E-state index in [9.17, 15) is 0 Å². The molecule has 0 radical (unpaired) electrons. The number of nitrogens with zero attached hydrogens (tertiary/aromatic N) is 2. The minimum Gasteiger partial charge on any atom is -0.383 e. The second-order valence-electron chi connectivity index (χ2n) is 5.61. The first-order valence-electron chi connectivity index (χ1n) is 7.22. The SMILES string of the molecule is NCC1CCC(CNc2nc(N)c3ccccc3n2)C1. The third-order valence-corrected chi connectivity index (χ3v) is 4.16. The highest BCUT2D eigenvalue weighted by molar-refractivity contribution is 5.88. The van der Waals surface area contributed by atoms with Crippen LogP contribution in [0.5, 0.6) is 0 Å². The second kappa shape index (κ2) is 5.63. The van der Waals surface area contributed by atoms with Gasteiger partial charge in [-0.1, -0.05) is 12.1 Å². The van der Waals surface area contributed by atoms with Crippen molar-refractivity contribution in [1.82, 2.24) is 9.97 Å². The Bertz CT molecular complexity index is 598. The van der Waals surface area contributed by atoms with Crippen LogP contribution in [0, 0.1) is 11.8 Å². The van der Waals surface area contributed by atoms with Crippen molar-refractivity contribution in [3.05, 3.63) is 24.3 Å². The maximum atomic E-state index is 5.98. The molecule has 1 fully saturated rings. The molecule has 5 nitrogen and oxygen atoms in total. The minimum absolute atomic E-state index is 0.532. The molecular formula is C15H21N5. The lowest BCUT2D eigenvalue weighted by Gasteiger charge is -2.12. The minimum atomic E-state index is 0.532. The third-order valence-electron chi connectivity index (χ3n) is 4.16. The van der Waals surface area contributed by atoms with Crippen LogP contribution in [0.25, 0.3) is 10.9 Å². The maximum absolute atomic E-state index is 5.98. The van der Waals surface area contributed by atoms with Crippen molar-refractivity contribution >= 4 is 22.7 Å². The molecule has 0 spiro atoms. The fourth-order valence-corrected chi connectivity index (χ4v) is 2.99. The van der Waals surface area contributed by atoms with Gasteiger partial charge in [-0.05, 0) is 49.8 Å². The molecule has 2 atom stereocenters. The van der Waals surface area contributed by atoms with E-state index in [4.69, 9.17) is 11.5 Å². The van der Waals surface area contributed by atoms with E-state index in [1.807, 2.05) is 24.3 Å². The monoisotopic (exact) mass is 271 g/mol. The van der Waals surface area contributed by atoms with Crippen LogP contribution < -0.4 is 16.8 Å². The molecule has 3 rings (SSSR count). The van der Waals surface area contributed by atoms with E-state index in [0.29, 0.717) is 23.6 Å². The Balaban J connectivity index is 1.69. The summed E-state index contributed by atoms with van der Waals surface area (Å²) in [5.74, 6) is 2.51. The van der Waals surface area contributed by atoms with Crippen LogP contribution in [0.15, 0.2) is 24.3 Å². The van der Waals surface area contributed by atoms with Gasteiger partial charge in [0.1, 0.15) is 5.82 Å². The van der Waals surface area contributed by atoms with E-state index in [-0.39, 0.29) is 0 Å². The predicted octanol–water partition coefficient (Wildman–Crippen LogP) is 2.00. The number of nitrogens with one attached hydrogen (secondary N) is 1. The molecule has 1 aromatic heterocycles. The molecule has 1 heterocycles. The maximum Gasteiger partial charge on any atom is 0.225 e. The summed E-state index contributed by atoms with van der Waals surface area (Å²) in [6.45, 7) is 1.70. The number of nitrogen functional groups attached to an aromatic ring is 1. The van der Waals surface area contributed by atoms with Gasteiger partial charge >= 0.3 is 0 Å². The predicted molar refractivity (Wildman–Crippen MR) is 82.3 cm³/mol. The number of para-hydroxylation sites is 1. The Morgan fingerprint density at radius 3 is 2.75 bits per heavy atom.